The number of ether oxygens (including phenoxy) is 1. The zero-order valence-electron chi connectivity index (χ0n) is 13.0. The molecule has 116 valence electrons. The highest BCUT2D eigenvalue weighted by Gasteiger charge is 2.38. The van der Waals surface area contributed by atoms with E-state index in [2.05, 4.69) is 9.97 Å². The first-order chi connectivity index (χ1) is 10.1. The number of carbonyl (C=O) groups is 1. The standard InChI is InChI=1S/C16H25N3O2/c1-16(2,14-10-17-11-18-14)15(20)19-7-5-12(6-8-19)13-4-3-9-21-13/h10-13H,3-9H2,1-2H3,(H,17,18)/t13-/m0/s1. The number of likely N-dealkylation sites (tertiary alicyclic amines) is 1. The molecule has 3 heterocycles. The molecule has 5 heteroatoms. The Bertz CT molecular complexity index is 470. The highest BCUT2D eigenvalue weighted by Crippen LogP contribution is 2.31. The van der Waals surface area contributed by atoms with Crippen molar-refractivity contribution in [1.29, 1.82) is 0 Å². The average Bonchev–Trinajstić information content (AvgIpc) is 3.19. The molecule has 1 aromatic rings. The lowest BCUT2D eigenvalue weighted by molar-refractivity contribution is -0.138. The molecule has 2 fully saturated rings. The quantitative estimate of drug-likeness (QED) is 0.928. The second-order valence-corrected chi connectivity index (χ2v) is 6.77. The highest BCUT2D eigenvalue weighted by atomic mass is 16.5. The summed E-state index contributed by atoms with van der Waals surface area (Å²) in [5.74, 6) is 0.823. The van der Waals surface area contributed by atoms with E-state index in [1.807, 2.05) is 18.7 Å². The Morgan fingerprint density at radius 2 is 2.14 bits per heavy atom. The maximum atomic E-state index is 12.8. The van der Waals surface area contributed by atoms with Crippen molar-refractivity contribution >= 4 is 5.91 Å². The van der Waals surface area contributed by atoms with Crippen molar-refractivity contribution in [2.75, 3.05) is 19.7 Å². The number of carbonyl (C=O) groups excluding carboxylic acids is 1. The fourth-order valence-corrected chi connectivity index (χ4v) is 3.56. The molecule has 0 aliphatic carbocycles. The first-order valence-electron chi connectivity index (χ1n) is 7.99. The molecule has 1 N–H and O–H groups in total. The van der Waals surface area contributed by atoms with Gasteiger partial charge in [-0.1, -0.05) is 0 Å². The fourth-order valence-electron chi connectivity index (χ4n) is 3.56. The molecule has 0 bridgehead atoms. The van der Waals surface area contributed by atoms with Crippen molar-refractivity contribution in [2.45, 2.75) is 51.0 Å². The van der Waals surface area contributed by atoms with Crippen molar-refractivity contribution in [3.63, 3.8) is 0 Å². The Morgan fingerprint density at radius 3 is 2.71 bits per heavy atom. The van der Waals surface area contributed by atoms with Crippen LogP contribution in [0.25, 0.3) is 0 Å². The number of rotatable bonds is 3. The maximum Gasteiger partial charge on any atom is 0.234 e. The monoisotopic (exact) mass is 291 g/mol. The Labute approximate surface area is 126 Å². The van der Waals surface area contributed by atoms with E-state index in [1.54, 1.807) is 12.5 Å². The molecule has 1 aromatic heterocycles. The van der Waals surface area contributed by atoms with Crippen LogP contribution >= 0.6 is 0 Å². The van der Waals surface area contributed by atoms with E-state index in [-0.39, 0.29) is 5.91 Å². The summed E-state index contributed by atoms with van der Waals surface area (Å²) in [5.41, 5.74) is 0.349. The van der Waals surface area contributed by atoms with E-state index in [0.717, 1.165) is 38.2 Å². The number of imidazole rings is 1. The lowest BCUT2D eigenvalue weighted by atomic mass is 9.85. The van der Waals surface area contributed by atoms with Gasteiger partial charge in [-0.2, -0.15) is 0 Å². The summed E-state index contributed by atoms with van der Waals surface area (Å²) >= 11 is 0. The number of aromatic nitrogens is 2. The van der Waals surface area contributed by atoms with Gasteiger partial charge in [0.15, 0.2) is 0 Å². The van der Waals surface area contributed by atoms with Crippen LogP contribution in [0.2, 0.25) is 0 Å². The van der Waals surface area contributed by atoms with E-state index >= 15 is 0 Å². The smallest absolute Gasteiger partial charge is 0.234 e. The minimum Gasteiger partial charge on any atom is -0.378 e. The lowest BCUT2D eigenvalue weighted by Gasteiger charge is -2.38. The zero-order chi connectivity index (χ0) is 14.9. The third-order valence-corrected chi connectivity index (χ3v) is 5.02. The van der Waals surface area contributed by atoms with Crippen LogP contribution in [-0.4, -0.2) is 46.6 Å². The SMILES string of the molecule is CC(C)(C(=O)N1CCC([C@@H]2CCCO2)CC1)c1cnc[nH]1. The number of piperidine rings is 1. The predicted octanol–water partition coefficient (Wildman–Crippen LogP) is 2.10. The summed E-state index contributed by atoms with van der Waals surface area (Å²) in [6.45, 7) is 6.54. The first-order valence-corrected chi connectivity index (χ1v) is 7.99. The summed E-state index contributed by atoms with van der Waals surface area (Å²) in [6, 6.07) is 0. The van der Waals surface area contributed by atoms with Gasteiger partial charge in [-0.05, 0) is 45.4 Å². The van der Waals surface area contributed by atoms with Crippen LogP contribution in [0, 0.1) is 5.92 Å². The third-order valence-electron chi connectivity index (χ3n) is 5.02. The molecule has 5 nitrogen and oxygen atoms in total. The van der Waals surface area contributed by atoms with Gasteiger partial charge in [0, 0.05) is 31.6 Å². The highest BCUT2D eigenvalue weighted by molar-refractivity contribution is 5.86. The second kappa shape index (κ2) is 5.79. The second-order valence-electron chi connectivity index (χ2n) is 6.77. The Balaban J connectivity index is 1.60. The maximum absolute atomic E-state index is 12.8. The van der Waals surface area contributed by atoms with E-state index < -0.39 is 5.41 Å². The molecule has 0 unspecified atom stereocenters. The van der Waals surface area contributed by atoms with E-state index in [9.17, 15) is 4.79 Å². The largest absolute Gasteiger partial charge is 0.378 e. The van der Waals surface area contributed by atoms with Gasteiger partial charge < -0.3 is 14.6 Å². The molecule has 0 spiro atoms. The number of hydrogen-bond acceptors (Lipinski definition) is 3. The van der Waals surface area contributed by atoms with Gasteiger partial charge in [0.25, 0.3) is 0 Å². The van der Waals surface area contributed by atoms with E-state index in [1.165, 1.54) is 12.8 Å². The topological polar surface area (TPSA) is 58.2 Å². The molecular weight excluding hydrogens is 266 g/mol. The van der Waals surface area contributed by atoms with Crippen LogP contribution in [0.15, 0.2) is 12.5 Å². The van der Waals surface area contributed by atoms with Crippen molar-refractivity contribution < 1.29 is 9.53 Å². The van der Waals surface area contributed by atoms with Crippen LogP contribution < -0.4 is 0 Å². The van der Waals surface area contributed by atoms with Crippen LogP contribution in [0.3, 0.4) is 0 Å². The van der Waals surface area contributed by atoms with Gasteiger partial charge in [-0.15, -0.1) is 0 Å². The normalized spacial score (nSPS) is 24.5. The number of amides is 1. The van der Waals surface area contributed by atoms with Crippen molar-refractivity contribution in [2.24, 2.45) is 5.92 Å². The molecule has 0 radical (unpaired) electrons. The molecule has 2 saturated heterocycles. The molecule has 1 amide bonds. The molecule has 2 aliphatic heterocycles. The predicted molar refractivity (Wildman–Crippen MR) is 79.9 cm³/mol. The number of nitrogens with one attached hydrogen (secondary N) is 1. The van der Waals surface area contributed by atoms with E-state index in [0.29, 0.717) is 12.0 Å². The average molecular weight is 291 g/mol. The van der Waals surface area contributed by atoms with Gasteiger partial charge in [0.1, 0.15) is 0 Å². The van der Waals surface area contributed by atoms with Crippen LogP contribution in [-0.2, 0) is 14.9 Å². The molecular formula is C16H25N3O2. The molecule has 21 heavy (non-hydrogen) atoms. The van der Waals surface area contributed by atoms with Crippen LogP contribution in [0.4, 0.5) is 0 Å². The molecule has 1 atom stereocenters. The minimum atomic E-state index is -0.535. The summed E-state index contributed by atoms with van der Waals surface area (Å²) in [5, 5.41) is 0. The van der Waals surface area contributed by atoms with Gasteiger partial charge >= 0.3 is 0 Å². The van der Waals surface area contributed by atoms with Crippen molar-refractivity contribution in [1.82, 2.24) is 14.9 Å². The number of aromatic amines is 1. The number of nitrogens with zero attached hydrogens (tertiary/aromatic N) is 2. The van der Waals surface area contributed by atoms with Gasteiger partial charge in [-0.25, -0.2) is 4.98 Å². The summed E-state index contributed by atoms with van der Waals surface area (Å²) in [7, 11) is 0. The third kappa shape index (κ3) is 2.84. The van der Waals surface area contributed by atoms with Crippen LogP contribution in [0.1, 0.15) is 45.2 Å². The fraction of sp³-hybridized carbons (Fsp3) is 0.750. The van der Waals surface area contributed by atoms with E-state index in [4.69, 9.17) is 4.74 Å². The van der Waals surface area contributed by atoms with Crippen molar-refractivity contribution in [3.05, 3.63) is 18.2 Å². The molecule has 2 aliphatic rings. The Hall–Kier alpha value is -1.36. The lowest BCUT2D eigenvalue weighted by Crippen LogP contribution is -2.48. The van der Waals surface area contributed by atoms with Crippen molar-refractivity contribution in [3.8, 4) is 0 Å². The molecule has 3 rings (SSSR count). The van der Waals surface area contributed by atoms with Gasteiger partial charge in [-0.3, -0.25) is 4.79 Å². The van der Waals surface area contributed by atoms with Gasteiger partial charge in [0.2, 0.25) is 5.91 Å². The van der Waals surface area contributed by atoms with Crippen LogP contribution in [0.5, 0.6) is 0 Å². The first kappa shape index (κ1) is 14.6. The zero-order valence-corrected chi connectivity index (χ0v) is 13.0. The van der Waals surface area contributed by atoms with Gasteiger partial charge in [0.05, 0.1) is 17.8 Å². The number of H-pyrrole nitrogens is 1. The summed E-state index contributed by atoms with van der Waals surface area (Å²) in [6.07, 6.45) is 8.33. The minimum absolute atomic E-state index is 0.192. The molecule has 0 aromatic carbocycles. The summed E-state index contributed by atoms with van der Waals surface area (Å²) < 4.78 is 5.80. The summed E-state index contributed by atoms with van der Waals surface area (Å²) in [4.78, 5) is 21.9. The Kier molecular flexibility index (Phi) is 4.02. The molecule has 0 saturated carbocycles. The Morgan fingerprint density at radius 1 is 1.38 bits per heavy atom. The number of hydrogen-bond donors (Lipinski definition) is 1.